The predicted octanol–water partition coefficient (Wildman–Crippen LogP) is 3.32. The fourth-order valence-electron chi connectivity index (χ4n) is 3.93. The van der Waals surface area contributed by atoms with E-state index in [0.29, 0.717) is 30.8 Å². The molecule has 0 aliphatic carbocycles. The van der Waals surface area contributed by atoms with Gasteiger partial charge in [-0.1, -0.05) is 31.0 Å². The van der Waals surface area contributed by atoms with E-state index in [2.05, 4.69) is 12.2 Å². The van der Waals surface area contributed by atoms with Gasteiger partial charge in [0.2, 0.25) is 15.9 Å². The second-order valence-electron chi connectivity index (χ2n) is 7.60. The topological polar surface area (TPSA) is 66.5 Å². The summed E-state index contributed by atoms with van der Waals surface area (Å²) in [6.07, 6.45) is 3.15. The van der Waals surface area contributed by atoms with Crippen LogP contribution in [0.25, 0.3) is 0 Å². The van der Waals surface area contributed by atoms with Crippen molar-refractivity contribution in [2.24, 2.45) is 5.92 Å². The zero-order chi connectivity index (χ0) is 19.5. The van der Waals surface area contributed by atoms with Gasteiger partial charge in [0.25, 0.3) is 0 Å². The maximum atomic E-state index is 13.1. The van der Waals surface area contributed by atoms with Gasteiger partial charge in [0.05, 0.1) is 4.90 Å². The highest BCUT2D eigenvalue weighted by Gasteiger charge is 2.33. The van der Waals surface area contributed by atoms with Gasteiger partial charge in [0, 0.05) is 25.0 Å². The van der Waals surface area contributed by atoms with E-state index in [0.717, 1.165) is 29.5 Å². The molecule has 0 spiro atoms. The summed E-state index contributed by atoms with van der Waals surface area (Å²) in [5.41, 5.74) is 2.64. The summed E-state index contributed by atoms with van der Waals surface area (Å²) in [6.45, 7) is 10.6. The molecule has 1 fully saturated rings. The van der Waals surface area contributed by atoms with Crippen LogP contribution < -0.4 is 5.32 Å². The minimum absolute atomic E-state index is 0.0608. The molecule has 0 aromatic heterocycles. The summed E-state index contributed by atoms with van der Waals surface area (Å²) in [6, 6.07) is 4.00. The van der Waals surface area contributed by atoms with Crippen molar-refractivity contribution < 1.29 is 13.2 Å². The van der Waals surface area contributed by atoms with Crippen LogP contribution in [0.1, 0.15) is 56.2 Å². The van der Waals surface area contributed by atoms with Crippen molar-refractivity contribution in [1.29, 1.82) is 0 Å². The van der Waals surface area contributed by atoms with Crippen LogP contribution in [0.2, 0.25) is 0 Å². The van der Waals surface area contributed by atoms with Crippen LogP contribution in [0.4, 0.5) is 0 Å². The van der Waals surface area contributed by atoms with E-state index >= 15 is 0 Å². The average Bonchev–Trinajstić information content (AvgIpc) is 2.53. The Morgan fingerprint density at radius 1 is 1.19 bits per heavy atom. The fourth-order valence-corrected chi connectivity index (χ4v) is 5.81. The van der Waals surface area contributed by atoms with Gasteiger partial charge in [0.1, 0.15) is 0 Å². The van der Waals surface area contributed by atoms with Gasteiger partial charge < -0.3 is 5.32 Å². The lowest BCUT2D eigenvalue weighted by molar-refractivity contribution is -0.126. The van der Waals surface area contributed by atoms with Crippen LogP contribution in [0.5, 0.6) is 0 Å². The third-order valence-corrected chi connectivity index (χ3v) is 7.34. The Balaban J connectivity index is 2.06. The number of hydrogen-bond acceptors (Lipinski definition) is 3. The Hall–Kier alpha value is -1.40. The third-order valence-electron chi connectivity index (χ3n) is 5.14. The average molecular weight is 381 g/mol. The third kappa shape index (κ3) is 4.65. The van der Waals surface area contributed by atoms with E-state index in [1.165, 1.54) is 4.31 Å². The molecule has 2 rings (SSSR count). The van der Waals surface area contributed by atoms with Gasteiger partial charge in [-0.2, -0.15) is 4.31 Å². The highest BCUT2D eigenvalue weighted by atomic mass is 32.2. The van der Waals surface area contributed by atoms with Crippen molar-refractivity contribution >= 4 is 15.9 Å². The highest BCUT2D eigenvalue weighted by Crippen LogP contribution is 2.28. The largest absolute Gasteiger partial charge is 0.353 e. The minimum Gasteiger partial charge on any atom is -0.353 e. The van der Waals surface area contributed by atoms with E-state index in [-0.39, 0.29) is 17.9 Å². The van der Waals surface area contributed by atoms with Gasteiger partial charge in [-0.05, 0) is 58.1 Å². The van der Waals surface area contributed by atoms with Crippen LogP contribution in [0.3, 0.4) is 0 Å². The molecule has 0 radical (unpaired) electrons. The number of benzene rings is 1. The van der Waals surface area contributed by atoms with Crippen molar-refractivity contribution in [1.82, 2.24) is 9.62 Å². The molecule has 1 aliphatic rings. The van der Waals surface area contributed by atoms with Crippen molar-refractivity contribution in [2.75, 3.05) is 13.1 Å². The Kier molecular flexibility index (Phi) is 6.86. The van der Waals surface area contributed by atoms with Crippen molar-refractivity contribution in [3.8, 4) is 0 Å². The number of sulfonamides is 1. The molecule has 1 saturated heterocycles. The number of rotatable bonds is 6. The molecule has 0 bridgehead atoms. The van der Waals surface area contributed by atoms with E-state index < -0.39 is 10.0 Å². The van der Waals surface area contributed by atoms with E-state index in [1.54, 1.807) is 0 Å². The lowest BCUT2D eigenvalue weighted by Gasteiger charge is -2.32. The molecule has 26 heavy (non-hydrogen) atoms. The highest BCUT2D eigenvalue weighted by molar-refractivity contribution is 7.89. The fraction of sp³-hybridized carbons (Fsp3) is 0.650. The van der Waals surface area contributed by atoms with Crippen molar-refractivity contribution in [3.05, 3.63) is 28.8 Å². The SMILES string of the molecule is CCC[C@H](C)NC(=O)C1CCN(S(=O)(=O)c2c(C)cc(C)cc2C)CC1. The molecule has 1 aromatic carbocycles. The number of carbonyl (C=O) groups excluding carboxylic acids is 1. The summed E-state index contributed by atoms with van der Waals surface area (Å²) >= 11 is 0. The van der Waals surface area contributed by atoms with E-state index in [9.17, 15) is 13.2 Å². The summed E-state index contributed by atoms with van der Waals surface area (Å²) in [5, 5.41) is 3.05. The summed E-state index contributed by atoms with van der Waals surface area (Å²) < 4.78 is 27.7. The van der Waals surface area contributed by atoms with Crippen LogP contribution >= 0.6 is 0 Å². The minimum atomic E-state index is -3.52. The lowest BCUT2D eigenvalue weighted by Crippen LogP contribution is -2.45. The molecule has 1 N–H and O–H groups in total. The second-order valence-corrected chi connectivity index (χ2v) is 9.48. The molecule has 146 valence electrons. The number of carbonyl (C=O) groups is 1. The maximum absolute atomic E-state index is 13.1. The van der Waals surface area contributed by atoms with Crippen LogP contribution in [0, 0.1) is 26.7 Å². The zero-order valence-corrected chi connectivity index (χ0v) is 17.4. The standard InChI is InChI=1S/C20H32N2O3S/c1-6-7-17(5)21-20(23)18-8-10-22(11-9-18)26(24,25)19-15(3)12-14(2)13-16(19)4/h12-13,17-18H,6-11H2,1-5H3,(H,21,23)/t17-/m0/s1. The first-order valence-corrected chi connectivity index (χ1v) is 11.0. The second kappa shape index (κ2) is 8.53. The Morgan fingerprint density at radius 2 is 1.73 bits per heavy atom. The first-order chi connectivity index (χ1) is 12.2. The molecular formula is C20H32N2O3S. The Bertz CT molecular complexity index is 727. The molecule has 5 nitrogen and oxygen atoms in total. The lowest BCUT2D eigenvalue weighted by atomic mass is 9.96. The molecule has 1 amide bonds. The predicted molar refractivity (Wildman–Crippen MR) is 105 cm³/mol. The first-order valence-electron chi connectivity index (χ1n) is 9.55. The van der Waals surface area contributed by atoms with E-state index in [4.69, 9.17) is 0 Å². The monoisotopic (exact) mass is 380 g/mol. The van der Waals surface area contributed by atoms with Crippen LogP contribution in [-0.2, 0) is 14.8 Å². The molecule has 1 atom stereocenters. The summed E-state index contributed by atoms with van der Waals surface area (Å²) in [7, 11) is -3.52. The van der Waals surface area contributed by atoms with Crippen molar-refractivity contribution in [3.63, 3.8) is 0 Å². The molecule has 1 heterocycles. The number of nitrogens with one attached hydrogen (secondary N) is 1. The number of hydrogen-bond donors (Lipinski definition) is 1. The molecule has 0 unspecified atom stereocenters. The number of nitrogens with zero attached hydrogens (tertiary/aromatic N) is 1. The normalized spacial score (nSPS) is 17.9. The Labute approximate surface area is 158 Å². The number of piperidine rings is 1. The van der Waals surface area contributed by atoms with Gasteiger partial charge in [-0.3, -0.25) is 4.79 Å². The van der Waals surface area contributed by atoms with Crippen LogP contribution in [-0.4, -0.2) is 37.8 Å². The number of amides is 1. The molecule has 1 aromatic rings. The molecule has 1 aliphatic heterocycles. The summed E-state index contributed by atoms with van der Waals surface area (Å²) in [4.78, 5) is 12.8. The zero-order valence-electron chi connectivity index (χ0n) is 16.6. The Morgan fingerprint density at radius 3 is 2.23 bits per heavy atom. The van der Waals surface area contributed by atoms with Crippen LogP contribution in [0.15, 0.2) is 17.0 Å². The van der Waals surface area contributed by atoms with Gasteiger partial charge >= 0.3 is 0 Å². The molecule has 0 saturated carbocycles. The van der Waals surface area contributed by atoms with Gasteiger partial charge in [0.15, 0.2) is 0 Å². The first kappa shape index (κ1) is 20.9. The van der Waals surface area contributed by atoms with Gasteiger partial charge in [-0.15, -0.1) is 0 Å². The van der Waals surface area contributed by atoms with Gasteiger partial charge in [-0.25, -0.2) is 8.42 Å². The van der Waals surface area contributed by atoms with E-state index in [1.807, 2.05) is 39.8 Å². The quantitative estimate of drug-likeness (QED) is 0.823. The smallest absolute Gasteiger partial charge is 0.243 e. The van der Waals surface area contributed by atoms with Crippen molar-refractivity contribution in [2.45, 2.75) is 71.2 Å². The molecule has 6 heteroatoms. The molecular weight excluding hydrogens is 348 g/mol. The number of aryl methyl sites for hydroxylation is 3. The summed E-state index contributed by atoms with van der Waals surface area (Å²) in [5.74, 6) is -0.0355. The maximum Gasteiger partial charge on any atom is 0.243 e.